The molecule has 0 aliphatic heterocycles. The Morgan fingerprint density at radius 2 is 1.58 bits per heavy atom. The summed E-state index contributed by atoms with van der Waals surface area (Å²) in [5.74, 6) is -3.14. The number of aliphatic hydroxyl groups is 1. The molecule has 0 spiro atoms. The van der Waals surface area contributed by atoms with Gasteiger partial charge in [-0.1, -0.05) is 48.5 Å². The lowest BCUT2D eigenvalue weighted by atomic mass is 10.0. The standard InChI is InChI=1S/C23H20N2O6/c26-20(23(30)31)19(12-14-6-2-1-3-7-14)25-21(27)15-10-11-18(24-13-15)16-8-4-5-9-17(16)22(28)29/h1-11,13,19-20,26H,12H2,(H,25,27)(H,28,29)(H,30,31). The Morgan fingerprint density at radius 1 is 0.903 bits per heavy atom. The molecule has 0 aliphatic rings. The van der Waals surface area contributed by atoms with Gasteiger partial charge in [-0.2, -0.15) is 0 Å². The number of hydrogen-bond donors (Lipinski definition) is 4. The Hall–Kier alpha value is -4.04. The second-order valence-corrected chi connectivity index (χ2v) is 6.84. The molecule has 2 atom stereocenters. The van der Waals surface area contributed by atoms with E-state index in [0.717, 1.165) is 5.56 Å². The number of nitrogens with one attached hydrogen (secondary N) is 1. The molecule has 0 bridgehead atoms. The van der Waals surface area contributed by atoms with Gasteiger partial charge < -0.3 is 20.6 Å². The Labute approximate surface area is 177 Å². The van der Waals surface area contributed by atoms with Crippen LogP contribution in [-0.2, 0) is 11.2 Å². The number of carboxylic acid groups (broad SMARTS) is 2. The molecule has 0 radical (unpaired) electrons. The van der Waals surface area contributed by atoms with Crippen LogP contribution in [0.2, 0.25) is 0 Å². The van der Waals surface area contributed by atoms with Gasteiger partial charge in [-0.05, 0) is 30.2 Å². The van der Waals surface area contributed by atoms with E-state index in [4.69, 9.17) is 0 Å². The fourth-order valence-corrected chi connectivity index (χ4v) is 3.11. The lowest BCUT2D eigenvalue weighted by molar-refractivity contribution is -0.148. The van der Waals surface area contributed by atoms with E-state index in [1.807, 2.05) is 0 Å². The van der Waals surface area contributed by atoms with Gasteiger partial charge in [0.1, 0.15) is 0 Å². The molecule has 1 amide bonds. The number of aromatic carboxylic acids is 1. The van der Waals surface area contributed by atoms with Crippen molar-refractivity contribution >= 4 is 17.8 Å². The van der Waals surface area contributed by atoms with Crippen molar-refractivity contribution in [1.29, 1.82) is 0 Å². The first-order valence-electron chi connectivity index (χ1n) is 9.41. The normalized spacial score (nSPS) is 12.5. The number of rotatable bonds is 8. The first-order chi connectivity index (χ1) is 14.9. The number of pyridine rings is 1. The zero-order chi connectivity index (χ0) is 22.4. The predicted octanol–water partition coefficient (Wildman–Crippen LogP) is 2.23. The molecule has 4 N–H and O–H groups in total. The van der Waals surface area contributed by atoms with E-state index in [9.17, 15) is 29.7 Å². The van der Waals surface area contributed by atoms with Crippen molar-refractivity contribution in [3.05, 3.63) is 89.6 Å². The zero-order valence-corrected chi connectivity index (χ0v) is 16.3. The van der Waals surface area contributed by atoms with E-state index in [-0.39, 0.29) is 17.5 Å². The molecule has 1 aromatic heterocycles. The van der Waals surface area contributed by atoms with Gasteiger partial charge in [0, 0.05) is 11.8 Å². The summed E-state index contributed by atoms with van der Waals surface area (Å²) in [4.78, 5) is 39.5. The number of benzene rings is 2. The molecule has 158 valence electrons. The van der Waals surface area contributed by atoms with Crippen LogP contribution in [0.15, 0.2) is 72.9 Å². The van der Waals surface area contributed by atoms with Gasteiger partial charge in [-0.15, -0.1) is 0 Å². The number of aromatic nitrogens is 1. The molecule has 3 aromatic rings. The van der Waals surface area contributed by atoms with E-state index in [2.05, 4.69) is 10.3 Å². The fourth-order valence-electron chi connectivity index (χ4n) is 3.11. The number of amides is 1. The minimum Gasteiger partial charge on any atom is -0.479 e. The van der Waals surface area contributed by atoms with E-state index in [1.54, 1.807) is 48.5 Å². The molecular weight excluding hydrogens is 400 g/mol. The Bertz CT molecular complexity index is 1080. The Balaban J connectivity index is 1.79. The van der Waals surface area contributed by atoms with Crippen molar-refractivity contribution in [2.75, 3.05) is 0 Å². The average Bonchev–Trinajstić information content (AvgIpc) is 2.78. The van der Waals surface area contributed by atoms with Crippen LogP contribution >= 0.6 is 0 Å². The third-order valence-electron chi connectivity index (χ3n) is 4.71. The van der Waals surface area contributed by atoms with Crippen LogP contribution in [0.4, 0.5) is 0 Å². The minimum absolute atomic E-state index is 0.0831. The smallest absolute Gasteiger partial charge is 0.336 e. The van der Waals surface area contributed by atoms with Gasteiger partial charge >= 0.3 is 11.9 Å². The highest BCUT2D eigenvalue weighted by molar-refractivity contribution is 5.97. The molecule has 3 rings (SSSR count). The zero-order valence-electron chi connectivity index (χ0n) is 16.3. The van der Waals surface area contributed by atoms with Gasteiger partial charge in [0.15, 0.2) is 6.10 Å². The first-order valence-corrected chi connectivity index (χ1v) is 9.41. The third kappa shape index (κ3) is 5.31. The van der Waals surface area contributed by atoms with Crippen molar-refractivity contribution in [3.63, 3.8) is 0 Å². The van der Waals surface area contributed by atoms with Crippen LogP contribution in [0.5, 0.6) is 0 Å². The highest BCUT2D eigenvalue weighted by atomic mass is 16.4. The van der Waals surface area contributed by atoms with Crippen molar-refractivity contribution < 1.29 is 29.7 Å². The van der Waals surface area contributed by atoms with Crippen molar-refractivity contribution in [2.24, 2.45) is 0 Å². The summed E-state index contributed by atoms with van der Waals surface area (Å²) in [5, 5.41) is 31.1. The largest absolute Gasteiger partial charge is 0.479 e. The van der Waals surface area contributed by atoms with Crippen LogP contribution in [0.1, 0.15) is 26.3 Å². The minimum atomic E-state index is -1.79. The summed E-state index contributed by atoms with van der Waals surface area (Å²) in [6.45, 7) is 0. The van der Waals surface area contributed by atoms with Gasteiger partial charge in [-0.25, -0.2) is 9.59 Å². The molecule has 2 unspecified atom stereocenters. The lowest BCUT2D eigenvalue weighted by Crippen LogP contribution is -2.48. The Kier molecular flexibility index (Phi) is 6.74. The summed E-state index contributed by atoms with van der Waals surface area (Å²) in [5.41, 5.74) is 1.77. The van der Waals surface area contributed by atoms with Gasteiger partial charge in [-0.3, -0.25) is 9.78 Å². The predicted molar refractivity (Wildman–Crippen MR) is 112 cm³/mol. The van der Waals surface area contributed by atoms with Gasteiger partial charge in [0.2, 0.25) is 0 Å². The van der Waals surface area contributed by atoms with Crippen LogP contribution in [-0.4, -0.2) is 50.3 Å². The summed E-state index contributed by atoms with van der Waals surface area (Å²) >= 11 is 0. The van der Waals surface area contributed by atoms with Crippen molar-refractivity contribution in [1.82, 2.24) is 10.3 Å². The number of aliphatic carboxylic acids is 1. The monoisotopic (exact) mass is 420 g/mol. The summed E-state index contributed by atoms with van der Waals surface area (Å²) in [6, 6.07) is 17.2. The molecule has 31 heavy (non-hydrogen) atoms. The average molecular weight is 420 g/mol. The third-order valence-corrected chi connectivity index (χ3v) is 4.71. The molecule has 2 aromatic carbocycles. The summed E-state index contributed by atoms with van der Waals surface area (Å²) in [6.07, 6.45) is -0.396. The topological polar surface area (TPSA) is 137 Å². The first kappa shape index (κ1) is 21.7. The molecular formula is C23H20N2O6. The van der Waals surface area contributed by atoms with E-state index >= 15 is 0 Å². The molecule has 0 saturated heterocycles. The molecule has 8 nitrogen and oxygen atoms in total. The lowest BCUT2D eigenvalue weighted by Gasteiger charge is -2.21. The molecule has 0 saturated carbocycles. The quantitative estimate of drug-likeness (QED) is 0.439. The highest BCUT2D eigenvalue weighted by Crippen LogP contribution is 2.22. The van der Waals surface area contributed by atoms with Crippen LogP contribution in [0, 0.1) is 0 Å². The van der Waals surface area contributed by atoms with Gasteiger partial charge in [0.05, 0.1) is 22.9 Å². The van der Waals surface area contributed by atoms with Crippen LogP contribution < -0.4 is 5.32 Å². The second-order valence-electron chi connectivity index (χ2n) is 6.84. The molecule has 0 aliphatic carbocycles. The Morgan fingerprint density at radius 3 is 2.19 bits per heavy atom. The maximum atomic E-state index is 12.6. The number of hydrogen-bond acceptors (Lipinski definition) is 5. The number of aliphatic hydroxyl groups excluding tert-OH is 1. The highest BCUT2D eigenvalue weighted by Gasteiger charge is 2.28. The van der Waals surface area contributed by atoms with Crippen molar-refractivity contribution in [2.45, 2.75) is 18.6 Å². The number of nitrogens with zero attached hydrogens (tertiary/aromatic N) is 1. The summed E-state index contributed by atoms with van der Waals surface area (Å²) in [7, 11) is 0. The molecule has 1 heterocycles. The summed E-state index contributed by atoms with van der Waals surface area (Å²) < 4.78 is 0. The molecule has 0 fully saturated rings. The van der Waals surface area contributed by atoms with E-state index in [0.29, 0.717) is 11.3 Å². The maximum Gasteiger partial charge on any atom is 0.336 e. The van der Waals surface area contributed by atoms with Crippen LogP contribution in [0.3, 0.4) is 0 Å². The fraction of sp³-hybridized carbons (Fsp3) is 0.130. The maximum absolute atomic E-state index is 12.6. The SMILES string of the molecule is O=C(NC(Cc1ccccc1)C(O)C(=O)O)c1ccc(-c2ccccc2C(=O)O)nc1. The van der Waals surface area contributed by atoms with E-state index < -0.39 is 30.0 Å². The number of carboxylic acids is 2. The number of carbonyl (C=O) groups is 3. The second kappa shape index (κ2) is 9.64. The molecule has 8 heteroatoms. The number of carbonyl (C=O) groups excluding carboxylic acids is 1. The van der Waals surface area contributed by atoms with E-state index in [1.165, 1.54) is 24.4 Å². The van der Waals surface area contributed by atoms with Crippen LogP contribution in [0.25, 0.3) is 11.3 Å². The van der Waals surface area contributed by atoms with Gasteiger partial charge in [0.25, 0.3) is 5.91 Å². The van der Waals surface area contributed by atoms with Crippen molar-refractivity contribution in [3.8, 4) is 11.3 Å².